The predicted molar refractivity (Wildman–Crippen MR) is 90.4 cm³/mol. The Labute approximate surface area is 157 Å². The van der Waals surface area contributed by atoms with E-state index in [0.29, 0.717) is 6.07 Å². The monoisotopic (exact) mass is 401 g/mol. The molecule has 28 heavy (non-hydrogen) atoms. The van der Waals surface area contributed by atoms with Crippen molar-refractivity contribution in [3.63, 3.8) is 0 Å². The lowest BCUT2D eigenvalue weighted by Gasteiger charge is -2.20. The highest BCUT2D eigenvalue weighted by Crippen LogP contribution is 2.32. The maximum Gasteiger partial charge on any atom is 0.573 e. The smallest absolute Gasteiger partial charge is 0.507 e. The summed E-state index contributed by atoms with van der Waals surface area (Å²) in [6.45, 7) is -0.415. The number of carbonyl (C=O) groups is 1. The summed E-state index contributed by atoms with van der Waals surface area (Å²) in [6, 6.07) is 11.3. The van der Waals surface area contributed by atoms with Crippen molar-refractivity contribution in [1.82, 2.24) is 5.32 Å². The molecule has 0 aliphatic carbocycles. The highest BCUT2D eigenvalue weighted by molar-refractivity contribution is 5.67. The first-order valence-electron chi connectivity index (χ1n) is 8.05. The van der Waals surface area contributed by atoms with Gasteiger partial charge in [-0.15, -0.1) is 13.2 Å². The fraction of sp³-hybridized carbons (Fsp3) is 0.278. The predicted octanol–water partition coefficient (Wildman–Crippen LogP) is 2.61. The lowest BCUT2D eigenvalue weighted by Crippen LogP contribution is -2.35. The van der Waals surface area contributed by atoms with E-state index in [1.807, 2.05) is 0 Å². The van der Waals surface area contributed by atoms with Gasteiger partial charge in [-0.05, 0) is 17.7 Å². The van der Waals surface area contributed by atoms with Gasteiger partial charge in [-0.25, -0.2) is 4.79 Å². The number of alkyl halides is 3. The van der Waals surface area contributed by atoms with Crippen molar-refractivity contribution in [1.29, 1.82) is 0 Å². The maximum absolute atomic E-state index is 12.2. The number of alkyl carbamates (subject to hydrolysis) is 1. The second-order valence-electron chi connectivity index (χ2n) is 5.72. The number of phenols is 1. The molecule has 7 nitrogen and oxygen atoms in total. The molecular formula is C18H18F3NO6. The number of aliphatic hydroxyl groups excluding tert-OH is 2. The topological polar surface area (TPSA) is 108 Å². The van der Waals surface area contributed by atoms with Crippen LogP contribution in [-0.2, 0) is 11.3 Å². The van der Waals surface area contributed by atoms with Gasteiger partial charge in [0.25, 0.3) is 0 Å². The Hall–Kier alpha value is -2.98. The second-order valence-corrected chi connectivity index (χ2v) is 5.72. The van der Waals surface area contributed by atoms with Crippen molar-refractivity contribution in [2.45, 2.75) is 25.2 Å². The van der Waals surface area contributed by atoms with Gasteiger partial charge < -0.3 is 30.1 Å². The maximum atomic E-state index is 12.2. The molecule has 0 aromatic heterocycles. The SMILES string of the molecule is O=C(NCC(O)C(O)c1ccc(OC(F)(F)F)cc1O)OCc1ccccc1. The number of carbonyl (C=O) groups excluding carboxylic acids is 1. The molecule has 2 atom stereocenters. The van der Waals surface area contributed by atoms with Gasteiger partial charge in [0.2, 0.25) is 0 Å². The Morgan fingerprint density at radius 1 is 1.11 bits per heavy atom. The number of aliphatic hydroxyl groups is 2. The van der Waals surface area contributed by atoms with E-state index in [2.05, 4.69) is 10.1 Å². The molecule has 0 spiro atoms. The second kappa shape index (κ2) is 9.29. The molecule has 0 fully saturated rings. The molecule has 0 aliphatic rings. The zero-order chi connectivity index (χ0) is 20.7. The van der Waals surface area contributed by atoms with Crippen LogP contribution in [0.4, 0.5) is 18.0 Å². The van der Waals surface area contributed by atoms with Gasteiger partial charge in [0.1, 0.15) is 30.3 Å². The quantitative estimate of drug-likeness (QED) is 0.568. The van der Waals surface area contributed by atoms with E-state index in [4.69, 9.17) is 4.74 Å². The van der Waals surface area contributed by atoms with Gasteiger partial charge in [-0.2, -0.15) is 0 Å². The van der Waals surface area contributed by atoms with Crippen molar-refractivity contribution < 1.29 is 42.8 Å². The van der Waals surface area contributed by atoms with Crippen molar-refractivity contribution in [3.8, 4) is 11.5 Å². The number of aromatic hydroxyl groups is 1. The molecular weight excluding hydrogens is 383 g/mol. The van der Waals surface area contributed by atoms with Gasteiger partial charge in [0, 0.05) is 18.2 Å². The van der Waals surface area contributed by atoms with Crippen LogP contribution in [0, 0.1) is 0 Å². The van der Waals surface area contributed by atoms with Crippen molar-refractivity contribution >= 4 is 6.09 Å². The first-order chi connectivity index (χ1) is 13.2. The Balaban J connectivity index is 1.86. The first kappa shape index (κ1) is 21.3. The third-order valence-electron chi connectivity index (χ3n) is 3.59. The zero-order valence-electron chi connectivity index (χ0n) is 14.4. The van der Waals surface area contributed by atoms with Crippen LogP contribution >= 0.6 is 0 Å². The summed E-state index contributed by atoms with van der Waals surface area (Å²) in [5, 5.41) is 32.0. The molecule has 0 bridgehead atoms. The summed E-state index contributed by atoms with van der Waals surface area (Å²) < 4.78 is 45.1. The molecule has 2 unspecified atom stereocenters. The summed E-state index contributed by atoms with van der Waals surface area (Å²) >= 11 is 0. The summed E-state index contributed by atoms with van der Waals surface area (Å²) in [5.74, 6) is -1.39. The van der Waals surface area contributed by atoms with Gasteiger partial charge in [0.15, 0.2) is 0 Å². The molecule has 0 aliphatic heterocycles. The Morgan fingerprint density at radius 2 is 1.79 bits per heavy atom. The standard InChI is InChI=1S/C18H18F3NO6/c19-18(20,21)28-12-6-7-13(14(23)8-12)16(25)15(24)9-22-17(26)27-10-11-4-2-1-3-5-11/h1-8,15-16,23-25H,9-10H2,(H,22,26). The van der Waals surface area contributed by atoms with E-state index in [1.165, 1.54) is 0 Å². The van der Waals surface area contributed by atoms with Crippen molar-refractivity contribution in [2.24, 2.45) is 0 Å². The number of phenolic OH excluding ortho intramolecular Hbond substituents is 1. The molecule has 0 heterocycles. The van der Waals surface area contributed by atoms with E-state index in [9.17, 15) is 33.3 Å². The highest BCUT2D eigenvalue weighted by Gasteiger charge is 2.31. The highest BCUT2D eigenvalue weighted by atomic mass is 19.4. The number of halogens is 3. The zero-order valence-corrected chi connectivity index (χ0v) is 14.4. The molecule has 0 radical (unpaired) electrons. The van der Waals surface area contributed by atoms with Crippen LogP contribution in [0.25, 0.3) is 0 Å². The minimum absolute atomic E-state index is 0.00672. The van der Waals surface area contributed by atoms with E-state index >= 15 is 0 Å². The van der Waals surface area contributed by atoms with Crippen LogP contribution in [0.2, 0.25) is 0 Å². The molecule has 10 heteroatoms. The minimum atomic E-state index is -4.93. The normalized spacial score (nSPS) is 13.5. The average molecular weight is 401 g/mol. The number of nitrogens with one attached hydrogen (secondary N) is 1. The molecule has 0 saturated heterocycles. The Bertz CT molecular complexity index is 785. The molecule has 0 saturated carbocycles. The number of hydrogen-bond acceptors (Lipinski definition) is 6. The lowest BCUT2D eigenvalue weighted by atomic mass is 10.0. The minimum Gasteiger partial charge on any atom is -0.507 e. The van der Waals surface area contributed by atoms with Crippen LogP contribution in [-0.4, -0.2) is 40.4 Å². The van der Waals surface area contributed by atoms with Crippen LogP contribution in [0.3, 0.4) is 0 Å². The van der Waals surface area contributed by atoms with Gasteiger partial charge in [-0.3, -0.25) is 0 Å². The third kappa shape index (κ3) is 6.63. The van der Waals surface area contributed by atoms with Crippen LogP contribution < -0.4 is 10.1 Å². The van der Waals surface area contributed by atoms with E-state index < -0.39 is 42.7 Å². The first-order valence-corrected chi connectivity index (χ1v) is 8.05. The molecule has 152 valence electrons. The number of rotatable bonds is 7. The van der Waals surface area contributed by atoms with Crippen LogP contribution in [0.5, 0.6) is 11.5 Å². The van der Waals surface area contributed by atoms with E-state index in [-0.39, 0.29) is 12.2 Å². The molecule has 2 aromatic rings. The summed E-state index contributed by atoms with van der Waals surface area (Å²) in [7, 11) is 0. The Kier molecular flexibility index (Phi) is 7.07. The lowest BCUT2D eigenvalue weighted by molar-refractivity contribution is -0.274. The fourth-order valence-corrected chi connectivity index (χ4v) is 2.25. The number of amides is 1. The summed E-state index contributed by atoms with van der Waals surface area (Å²) in [6.07, 6.45) is -9.00. The van der Waals surface area contributed by atoms with Gasteiger partial charge in [0.05, 0.1) is 0 Å². The van der Waals surface area contributed by atoms with Crippen LogP contribution in [0.15, 0.2) is 48.5 Å². The van der Waals surface area contributed by atoms with Gasteiger partial charge in [-0.1, -0.05) is 30.3 Å². The number of ether oxygens (including phenoxy) is 2. The van der Waals surface area contributed by atoms with Crippen molar-refractivity contribution in [2.75, 3.05) is 6.54 Å². The molecule has 4 N–H and O–H groups in total. The third-order valence-corrected chi connectivity index (χ3v) is 3.59. The average Bonchev–Trinajstić information content (AvgIpc) is 2.63. The summed E-state index contributed by atoms with van der Waals surface area (Å²) in [4.78, 5) is 11.6. The molecule has 2 aromatic carbocycles. The number of hydrogen-bond donors (Lipinski definition) is 4. The van der Waals surface area contributed by atoms with Gasteiger partial charge >= 0.3 is 12.5 Å². The van der Waals surface area contributed by atoms with Crippen molar-refractivity contribution in [3.05, 3.63) is 59.7 Å². The van der Waals surface area contributed by atoms with E-state index in [0.717, 1.165) is 17.7 Å². The molecule has 1 amide bonds. The largest absolute Gasteiger partial charge is 0.573 e. The molecule has 2 rings (SSSR count). The van der Waals surface area contributed by atoms with E-state index in [1.54, 1.807) is 30.3 Å². The number of benzene rings is 2. The fourth-order valence-electron chi connectivity index (χ4n) is 2.25. The Morgan fingerprint density at radius 3 is 2.39 bits per heavy atom. The van der Waals surface area contributed by atoms with Crippen LogP contribution in [0.1, 0.15) is 17.2 Å². The summed E-state index contributed by atoms with van der Waals surface area (Å²) in [5.41, 5.74) is 0.519.